The molecule has 2 aliphatic rings. The minimum atomic E-state index is -1.71. The van der Waals surface area contributed by atoms with Crippen molar-refractivity contribution in [3.05, 3.63) is 11.4 Å². The second kappa shape index (κ2) is 3.46. The summed E-state index contributed by atoms with van der Waals surface area (Å²) in [6, 6.07) is 1.81. The quantitative estimate of drug-likeness (QED) is 0.428. The molecule has 5 N–H and O–H groups in total. The molecule has 0 unspecified atom stereocenters. The van der Waals surface area contributed by atoms with Crippen LogP contribution in [0.1, 0.15) is 20.3 Å². The fourth-order valence-electron chi connectivity index (χ4n) is 3.01. The zero-order valence-corrected chi connectivity index (χ0v) is 10.1. The molecule has 0 aliphatic carbocycles. The summed E-state index contributed by atoms with van der Waals surface area (Å²) in [7, 11) is 0. The van der Waals surface area contributed by atoms with Crippen molar-refractivity contribution in [2.24, 2.45) is 17.1 Å². The van der Waals surface area contributed by atoms with Crippen LogP contribution in [0.2, 0.25) is 0 Å². The first-order valence-corrected chi connectivity index (χ1v) is 5.59. The molecule has 1 saturated heterocycles. The molecule has 7 heteroatoms. The number of nitriles is 1. The normalized spacial score (nSPS) is 38.9. The van der Waals surface area contributed by atoms with Gasteiger partial charge in [-0.25, -0.2) is 0 Å². The van der Waals surface area contributed by atoms with Crippen LogP contribution in [0, 0.1) is 22.7 Å². The molecule has 0 radical (unpaired) electrons. The molecule has 2 amide bonds. The lowest BCUT2D eigenvalue weighted by Gasteiger charge is -2.30. The summed E-state index contributed by atoms with van der Waals surface area (Å²) in [5, 5.41) is 24.0. The highest BCUT2D eigenvalue weighted by molar-refractivity contribution is 6.13. The predicted octanol–water partition coefficient (Wildman–Crippen LogP) is -1.34. The van der Waals surface area contributed by atoms with Crippen LogP contribution in [-0.2, 0) is 9.59 Å². The van der Waals surface area contributed by atoms with E-state index < -0.39 is 28.9 Å². The van der Waals surface area contributed by atoms with Crippen LogP contribution in [-0.4, -0.2) is 22.6 Å². The SMILES string of the molecule is CC[C@H]1[C@@]2(C(=O)NC(N)=C2C#N)C(=O)N[C@]1(C)O. The van der Waals surface area contributed by atoms with Crippen molar-refractivity contribution in [2.45, 2.75) is 26.0 Å². The Balaban J connectivity index is 2.70. The molecule has 1 spiro atoms. The standard InChI is InChI=1S/C11H14N4O3/c1-3-6-10(2,18)15-9(17)11(6)5(4-12)7(13)14-8(11)16/h6,18H,3,13H2,1-2H3,(H,14,16)(H,15,17)/t6-,10-,11+/m1/s1. The number of nitrogens with zero attached hydrogens (tertiary/aromatic N) is 1. The van der Waals surface area contributed by atoms with Crippen molar-refractivity contribution < 1.29 is 14.7 Å². The second-order valence-electron chi connectivity index (χ2n) is 4.73. The summed E-state index contributed by atoms with van der Waals surface area (Å²) < 4.78 is 0. The van der Waals surface area contributed by atoms with Crippen molar-refractivity contribution in [2.75, 3.05) is 0 Å². The number of carbonyl (C=O) groups excluding carboxylic acids is 2. The summed E-state index contributed by atoms with van der Waals surface area (Å²) in [5.74, 6) is -2.20. The molecule has 2 aliphatic heterocycles. The highest BCUT2D eigenvalue weighted by Crippen LogP contribution is 2.50. The Bertz CT molecular complexity index is 517. The number of nitrogens with two attached hydrogens (primary N) is 1. The van der Waals surface area contributed by atoms with Crippen LogP contribution in [0.15, 0.2) is 11.4 Å². The molecule has 2 heterocycles. The van der Waals surface area contributed by atoms with E-state index in [1.165, 1.54) is 6.92 Å². The van der Waals surface area contributed by atoms with Crippen LogP contribution in [0.25, 0.3) is 0 Å². The maximum Gasteiger partial charge on any atom is 0.247 e. The van der Waals surface area contributed by atoms with E-state index in [0.29, 0.717) is 6.42 Å². The van der Waals surface area contributed by atoms with E-state index >= 15 is 0 Å². The van der Waals surface area contributed by atoms with Gasteiger partial charge in [0.2, 0.25) is 11.8 Å². The number of hydrogen-bond donors (Lipinski definition) is 4. The molecule has 3 atom stereocenters. The van der Waals surface area contributed by atoms with Gasteiger partial charge in [-0.05, 0) is 13.3 Å². The van der Waals surface area contributed by atoms with Gasteiger partial charge in [-0.2, -0.15) is 5.26 Å². The van der Waals surface area contributed by atoms with Crippen LogP contribution in [0.4, 0.5) is 0 Å². The monoisotopic (exact) mass is 250 g/mol. The third kappa shape index (κ3) is 1.15. The van der Waals surface area contributed by atoms with Crippen LogP contribution in [0.5, 0.6) is 0 Å². The van der Waals surface area contributed by atoms with E-state index in [2.05, 4.69) is 10.6 Å². The average molecular weight is 250 g/mol. The summed E-state index contributed by atoms with van der Waals surface area (Å²) >= 11 is 0. The lowest BCUT2D eigenvalue weighted by atomic mass is 9.68. The van der Waals surface area contributed by atoms with E-state index in [9.17, 15) is 14.7 Å². The van der Waals surface area contributed by atoms with Gasteiger partial charge in [-0.3, -0.25) is 9.59 Å². The number of hydrogen-bond acceptors (Lipinski definition) is 5. The Hall–Kier alpha value is -2.07. The minimum absolute atomic E-state index is 0.116. The first-order valence-electron chi connectivity index (χ1n) is 5.59. The van der Waals surface area contributed by atoms with Crippen LogP contribution in [0.3, 0.4) is 0 Å². The molecular formula is C11H14N4O3. The Morgan fingerprint density at radius 3 is 2.61 bits per heavy atom. The number of carbonyl (C=O) groups is 2. The molecular weight excluding hydrogens is 236 g/mol. The molecule has 0 aromatic rings. The fraction of sp³-hybridized carbons (Fsp3) is 0.545. The Morgan fingerprint density at radius 1 is 1.50 bits per heavy atom. The lowest BCUT2D eigenvalue weighted by Crippen LogP contribution is -2.46. The minimum Gasteiger partial charge on any atom is -0.384 e. The zero-order chi connectivity index (χ0) is 13.7. The molecule has 0 aromatic carbocycles. The zero-order valence-electron chi connectivity index (χ0n) is 10.1. The fourth-order valence-corrected chi connectivity index (χ4v) is 3.01. The second-order valence-corrected chi connectivity index (χ2v) is 4.73. The van der Waals surface area contributed by atoms with Gasteiger partial charge in [-0.15, -0.1) is 0 Å². The molecule has 1 fully saturated rings. The highest BCUT2D eigenvalue weighted by atomic mass is 16.3. The molecule has 18 heavy (non-hydrogen) atoms. The number of amides is 2. The topological polar surface area (TPSA) is 128 Å². The third-order valence-electron chi connectivity index (χ3n) is 3.72. The van der Waals surface area contributed by atoms with Crippen molar-refractivity contribution >= 4 is 11.8 Å². The first kappa shape index (κ1) is 12.4. The van der Waals surface area contributed by atoms with E-state index in [1.54, 1.807) is 6.92 Å². The van der Waals surface area contributed by atoms with Gasteiger partial charge in [0.25, 0.3) is 0 Å². The average Bonchev–Trinajstić information content (AvgIpc) is 2.61. The van der Waals surface area contributed by atoms with Gasteiger partial charge in [0, 0.05) is 5.92 Å². The van der Waals surface area contributed by atoms with Gasteiger partial charge in [0.15, 0.2) is 5.41 Å². The number of aliphatic hydroxyl groups is 1. The first-order chi connectivity index (χ1) is 8.32. The van der Waals surface area contributed by atoms with Crippen LogP contribution >= 0.6 is 0 Å². The molecule has 0 saturated carbocycles. The molecule has 96 valence electrons. The van der Waals surface area contributed by atoms with Gasteiger partial charge >= 0.3 is 0 Å². The molecule has 2 rings (SSSR count). The van der Waals surface area contributed by atoms with Gasteiger partial charge < -0.3 is 21.5 Å². The number of nitrogens with one attached hydrogen (secondary N) is 2. The maximum atomic E-state index is 12.1. The van der Waals surface area contributed by atoms with Crippen molar-refractivity contribution in [1.82, 2.24) is 10.6 Å². The number of rotatable bonds is 1. The van der Waals surface area contributed by atoms with Crippen molar-refractivity contribution in [3.63, 3.8) is 0 Å². The van der Waals surface area contributed by atoms with E-state index in [4.69, 9.17) is 11.0 Å². The maximum absolute atomic E-state index is 12.1. The molecule has 0 aromatic heterocycles. The Morgan fingerprint density at radius 2 is 2.11 bits per heavy atom. The summed E-state index contributed by atoms with van der Waals surface area (Å²) in [6.45, 7) is 3.14. The molecule has 7 nitrogen and oxygen atoms in total. The van der Waals surface area contributed by atoms with Gasteiger partial charge in [-0.1, -0.05) is 6.92 Å². The summed E-state index contributed by atoms with van der Waals surface area (Å²) in [5.41, 5.74) is 2.19. The largest absolute Gasteiger partial charge is 0.384 e. The van der Waals surface area contributed by atoms with E-state index in [-0.39, 0.29) is 11.4 Å². The van der Waals surface area contributed by atoms with E-state index in [1.807, 2.05) is 6.07 Å². The van der Waals surface area contributed by atoms with Gasteiger partial charge in [0.1, 0.15) is 17.6 Å². The van der Waals surface area contributed by atoms with Crippen LogP contribution < -0.4 is 16.4 Å². The third-order valence-corrected chi connectivity index (χ3v) is 3.72. The Kier molecular flexibility index (Phi) is 2.38. The summed E-state index contributed by atoms with van der Waals surface area (Å²) in [6.07, 6.45) is 0.345. The predicted molar refractivity (Wildman–Crippen MR) is 59.9 cm³/mol. The smallest absolute Gasteiger partial charge is 0.247 e. The van der Waals surface area contributed by atoms with Gasteiger partial charge in [0.05, 0.1) is 5.57 Å². The van der Waals surface area contributed by atoms with Crippen molar-refractivity contribution in [3.8, 4) is 6.07 Å². The van der Waals surface area contributed by atoms with Crippen molar-refractivity contribution in [1.29, 1.82) is 5.26 Å². The highest BCUT2D eigenvalue weighted by Gasteiger charge is 2.68. The molecule has 0 bridgehead atoms. The Labute approximate surface area is 104 Å². The van der Waals surface area contributed by atoms with E-state index in [0.717, 1.165) is 0 Å². The lowest BCUT2D eigenvalue weighted by molar-refractivity contribution is -0.138. The summed E-state index contributed by atoms with van der Waals surface area (Å²) in [4.78, 5) is 24.2.